The van der Waals surface area contributed by atoms with Crippen molar-refractivity contribution in [1.29, 1.82) is 0 Å². The van der Waals surface area contributed by atoms with Gasteiger partial charge in [0.1, 0.15) is 0 Å². The highest BCUT2D eigenvalue weighted by Crippen LogP contribution is 2.23. The van der Waals surface area contributed by atoms with E-state index in [0.717, 1.165) is 6.42 Å². The molecular weight excluding hydrogens is 318 g/mol. The van der Waals surface area contributed by atoms with Gasteiger partial charge < -0.3 is 15.7 Å². The number of nitrogens with zero attached hydrogens (tertiary/aromatic N) is 1. The number of anilines is 1. The first-order valence-corrected chi connectivity index (χ1v) is 8.34. The molecule has 1 aliphatic heterocycles. The molecule has 7 nitrogen and oxygen atoms in total. The van der Waals surface area contributed by atoms with Gasteiger partial charge in [-0.1, -0.05) is 16.8 Å². The first-order valence-electron chi connectivity index (χ1n) is 6.31. The van der Waals surface area contributed by atoms with E-state index in [1.165, 1.54) is 18.2 Å². The van der Waals surface area contributed by atoms with Crippen LogP contribution in [-0.4, -0.2) is 37.9 Å². The second-order valence-corrected chi connectivity index (χ2v) is 6.90. The number of hydrogen-bond acceptors (Lipinski definition) is 5. The lowest BCUT2D eigenvalue weighted by molar-refractivity contribution is 0.127. The Labute approximate surface area is 127 Å². The van der Waals surface area contributed by atoms with Crippen molar-refractivity contribution in [3.63, 3.8) is 0 Å². The maximum absolute atomic E-state index is 12.2. The van der Waals surface area contributed by atoms with Crippen LogP contribution < -0.4 is 10.5 Å². The molecule has 0 saturated carbocycles. The molecule has 0 bridgehead atoms. The van der Waals surface area contributed by atoms with Crippen molar-refractivity contribution in [2.45, 2.75) is 18.9 Å². The fourth-order valence-electron chi connectivity index (χ4n) is 2.11. The Kier molecular flexibility index (Phi) is 4.92. The van der Waals surface area contributed by atoms with Crippen molar-refractivity contribution < 1.29 is 18.4 Å². The van der Waals surface area contributed by atoms with Crippen LogP contribution >= 0.6 is 11.6 Å². The predicted octanol–water partition coefficient (Wildman–Crippen LogP) is 1.36. The van der Waals surface area contributed by atoms with Gasteiger partial charge in [0.05, 0.1) is 17.5 Å². The van der Waals surface area contributed by atoms with Crippen molar-refractivity contribution in [1.82, 2.24) is 0 Å². The molecule has 1 atom stereocenters. The molecule has 1 unspecified atom stereocenters. The van der Waals surface area contributed by atoms with Gasteiger partial charge in [0.15, 0.2) is 5.84 Å². The molecule has 0 radical (unpaired) electrons. The highest BCUT2D eigenvalue weighted by molar-refractivity contribution is 7.92. The molecule has 0 spiro atoms. The predicted molar refractivity (Wildman–Crippen MR) is 80.3 cm³/mol. The molecule has 116 valence electrons. The number of halogens is 1. The Bertz CT molecular complexity index is 642. The van der Waals surface area contributed by atoms with E-state index in [1.807, 2.05) is 0 Å². The molecule has 4 N–H and O–H groups in total. The summed E-state index contributed by atoms with van der Waals surface area (Å²) in [6.07, 6.45) is 1.25. The van der Waals surface area contributed by atoms with Crippen LogP contribution in [0.25, 0.3) is 0 Å². The molecular formula is C12H16ClN3O4S. The number of ether oxygens (including phenoxy) is 1. The summed E-state index contributed by atoms with van der Waals surface area (Å²) in [6.45, 7) is 0.576. The van der Waals surface area contributed by atoms with Crippen molar-refractivity contribution in [3.05, 3.63) is 28.8 Å². The number of benzene rings is 1. The van der Waals surface area contributed by atoms with Gasteiger partial charge in [-0.3, -0.25) is 4.72 Å². The third kappa shape index (κ3) is 4.23. The molecule has 0 amide bonds. The lowest BCUT2D eigenvalue weighted by Gasteiger charge is -2.14. The van der Waals surface area contributed by atoms with Gasteiger partial charge >= 0.3 is 0 Å². The van der Waals surface area contributed by atoms with Crippen LogP contribution in [-0.2, 0) is 14.8 Å². The quantitative estimate of drug-likeness (QED) is 0.326. The molecule has 1 aromatic carbocycles. The fraction of sp³-hybridized carbons (Fsp3) is 0.417. The van der Waals surface area contributed by atoms with Crippen LogP contribution in [0, 0.1) is 0 Å². The summed E-state index contributed by atoms with van der Waals surface area (Å²) < 4.78 is 32.0. The van der Waals surface area contributed by atoms with E-state index in [-0.39, 0.29) is 28.9 Å². The van der Waals surface area contributed by atoms with Crippen LogP contribution in [0.2, 0.25) is 5.02 Å². The maximum atomic E-state index is 12.2. The highest BCUT2D eigenvalue weighted by Gasteiger charge is 2.24. The van der Waals surface area contributed by atoms with Crippen LogP contribution in [0.1, 0.15) is 18.4 Å². The summed E-state index contributed by atoms with van der Waals surface area (Å²) in [5.41, 5.74) is 5.94. The summed E-state index contributed by atoms with van der Waals surface area (Å²) in [5.74, 6) is -0.351. The third-order valence-electron chi connectivity index (χ3n) is 3.06. The Morgan fingerprint density at radius 3 is 2.95 bits per heavy atom. The number of sulfonamides is 1. The van der Waals surface area contributed by atoms with Gasteiger partial charge in [0, 0.05) is 17.2 Å². The van der Waals surface area contributed by atoms with E-state index in [4.69, 9.17) is 27.3 Å². The van der Waals surface area contributed by atoms with E-state index in [1.54, 1.807) is 0 Å². The first kappa shape index (κ1) is 15.9. The standard InChI is InChI=1S/C12H16ClN3O4S/c13-8-3-4-10(12(14)15-17)11(6-8)16-21(18,19)7-9-2-1-5-20-9/h3-4,6,9,16-17H,1-2,5,7H2,(H2,14,15). The van der Waals surface area contributed by atoms with Gasteiger partial charge in [0.25, 0.3) is 0 Å². The summed E-state index contributed by atoms with van der Waals surface area (Å²) in [6, 6.07) is 4.40. The molecule has 1 aromatic rings. The molecule has 1 saturated heterocycles. The minimum absolute atomic E-state index is 0.144. The Balaban J connectivity index is 2.23. The molecule has 9 heteroatoms. The largest absolute Gasteiger partial charge is 0.409 e. The van der Waals surface area contributed by atoms with Crippen LogP contribution in [0.5, 0.6) is 0 Å². The number of hydrogen-bond donors (Lipinski definition) is 3. The molecule has 1 fully saturated rings. The average molecular weight is 334 g/mol. The topological polar surface area (TPSA) is 114 Å². The number of nitrogens with two attached hydrogens (primary N) is 1. The van der Waals surface area contributed by atoms with Gasteiger partial charge in [-0.05, 0) is 31.0 Å². The van der Waals surface area contributed by atoms with Crippen molar-refractivity contribution in [2.24, 2.45) is 10.9 Å². The lowest BCUT2D eigenvalue weighted by Crippen LogP contribution is -2.27. The summed E-state index contributed by atoms with van der Waals surface area (Å²) >= 11 is 5.86. The normalized spacial score (nSPS) is 19.7. The number of oxime groups is 1. The van der Waals surface area contributed by atoms with Gasteiger partial charge in [-0.15, -0.1) is 0 Å². The number of amidine groups is 1. The lowest BCUT2D eigenvalue weighted by atomic mass is 10.1. The first-order chi connectivity index (χ1) is 9.91. The van der Waals surface area contributed by atoms with Crippen LogP contribution in [0.4, 0.5) is 5.69 Å². The van der Waals surface area contributed by atoms with Gasteiger partial charge in [0.2, 0.25) is 10.0 Å². The van der Waals surface area contributed by atoms with Crippen LogP contribution in [0.3, 0.4) is 0 Å². The zero-order chi connectivity index (χ0) is 15.5. The molecule has 1 aliphatic rings. The van der Waals surface area contributed by atoms with E-state index < -0.39 is 10.0 Å². The Morgan fingerprint density at radius 1 is 1.57 bits per heavy atom. The van der Waals surface area contributed by atoms with Gasteiger partial charge in [-0.25, -0.2) is 8.42 Å². The van der Waals surface area contributed by atoms with Crippen molar-refractivity contribution >= 4 is 33.1 Å². The van der Waals surface area contributed by atoms with E-state index >= 15 is 0 Å². The van der Waals surface area contributed by atoms with E-state index in [9.17, 15) is 8.42 Å². The number of rotatable bonds is 5. The minimum atomic E-state index is -3.62. The van der Waals surface area contributed by atoms with Gasteiger partial charge in [-0.2, -0.15) is 0 Å². The second kappa shape index (κ2) is 6.50. The van der Waals surface area contributed by atoms with Crippen LogP contribution in [0.15, 0.2) is 23.4 Å². The van der Waals surface area contributed by atoms with E-state index in [2.05, 4.69) is 9.88 Å². The smallest absolute Gasteiger partial charge is 0.235 e. The average Bonchev–Trinajstić information content (AvgIpc) is 2.89. The monoisotopic (exact) mass is 333 g/mol. The molecule has 21 heavy (non-hydrogen) atoms. The molecule has 0 aliphatic carbocycles. The number of nitrogens with one attached hydrogen (secondary N) is 1. The Morgan fingerprint density at radius 2 is 2.33 bits per heavy atom. The SMILES string of the molecule is NC(=NO)c1ccc(Cl)cc1NS(=O)(=O)CC1CCCO1. The maximum Gasteiger partial charge on any atom is 0.235 e. The molecule has 2 rings (SSSR count). The zero-order valence-corrected chi connectivity index (χ0v) is 12.7. The summed E-state index contributed by atoms with van der Waals surface area (Å²) in [5, 5.41) is 11.9. The minimum Gasteiger partial charge on any atom is -0.409 e. The summed E-state index contributed by atoms with van der Waals surface area (Å²) in [7, 11) is -3.62. The van der Waals surface area contributed by atoms with Crippen molar-refractivity contribution in [3.8, 4) is 0 Å². The third-order valence-corrected chi connectivity index (χ3v) is 4.64. The Hall–Kier alpha value is -1.51. The summed E-state index contributed by atoms with van der Waals surface area (Å²) in [4.78, 5) is 0. The zero-order valence-electron chi connectivity index (χ0n) is 11.1. The molecule has 1 heterocycles. The van der Waals surface area contributed by atoms with E-state index in [0.29, 0.717) is 18.1 Å². The fourth-order valence-corrected chi connectivity index (χ4v) is 3.62. The highest BCUT2D eigenvalue weighted by atomic mass is 35.5. The molecule has 0 aromatic heterocycles. The second-order valence-electron chi connectivity index (χ2n) is 4.69. The van der Waals surface area contributed by atoms with Crippen molar-refractivity contribution in [2.75, 3.05) is 17.1 Å².